The van der Waals surface area contributed by atoms with Gasteiger partial charge in [-0.05, 0) is 17.2 Å². The maximum atomic E-state index is 13.5. The molecule has 0 aliphatic carbocycles. The predicted molar refractivity (Wildman–Crippen MR) is 73.6 cm³/mol. The number of thiol groups is 1. The van der Waals surface area contributed by atoms with E-state index in [-0.39, 0.29) is 18.0 Å². The molecule has 1 nitrogen and oxygen atoms in total. The number of hydrogen-bond donors (Lipinski definition) is 1. The maximum absolute atomic E-state index is 13.5. The van der Waals surface area contributed by atoms with Crippen molar-refractivity contribution in [2.45, 2.75) is 12.2 Å². The molecule has 0 spiro atoms. The van der Waals surface area contributed by atoms with Gasteiger partial charge in [-0.2, -0.15) is 12.6 Å². The van der Waals surface area contributed by atoms with Crippen LogP contribution in [0.15, 0.2) is 48.5 Å². The van der Waals surface area contributed by atoms with Gasteiger partial charge in [-0.3, -0.25) is 4.79 Å². The zero-order chi connectivity index (χ0) is 13.0. The second-order valence-electron chi connectivity index (χ2n) is 4.05. The van der Waals surface area contributed by atoms with E-state index >= 15 is 0 Å². The Morgan fingerprint density at radius 1 is 1.11 bits per heavy atom. The number of Topliss-reactive ketones (excluding diaryl/α,β-unsaturated/α-hetero) is 1. The van der Waals surface area contributed by atoms with E-state index in [1.54, 1.807) is 24.3 Å². The Morgan fingerprint density at radius 2 is 1.83 bits per heavy atom. The van der Waals surface area contributed by atoms with Crippen LogP contribution >= 0.6 is 12.6 Å². The maximum Gasteiger partial charge on any atom is 0.167 e. The lowest BCUT2D eigenvalue weighted by Gasteiger charge is -2.04. The number of ketones is 1. The summed E-state index contributed by atoms with van der Waals surface area (Å²) in [5.41, 5.74) is 1.89. The zero-order valence-corrected chi connectivity index (χ0v) is 10.7. The molecule has 0 bridgehead atoms. The van der Waals surface area contributed by atoms with Crippen LogP contribution in [0.3, 0.4) is 0 Å². The Morgan fingerprint density at radius 3 is 2.44 bits per heavy atom. The Balaban J connectivity index is 2.15. The van der Waals surface area contributed by atoms with Gasteiger partial charge in [-0.25, -0.2) is 4.39 Å². The molecular weight excluding hydrogens is 247 g/mol. The van der Waals surface area contributed by atoms with Crippen molar-refractivity contribution in [1.29, 1.82) is 0 Å². The molecule has 0 aliphatic rings. The molecule has 0 radical (unpaired) electrons. The summed E-state index contributed by atoms with van der Waals surface area (Å²) in [5, 5.41) is 0. The highest BCUT2D eigenvalue weighted by Gasteiger charge is 2.08. The molecular formula is C15H13FOS. The van der Waals surface area contributed by atoms with Crippen LogP contribution in [-0.4, -0.2) is 5.78 Å². The van der Waals surface area contributed by atoms with Crippen LogP contribution in [0, 0.1) is 5.82 Å². The molecule has 0 saturated heterocycles. The zero-order valence-electron chi connectivity index (χ0n) is 9.77. The molecule has 18 heavy (non-hydrogen) atoms. The van der Waals surface area contributed by atoms with Crippen LogP contribution in [0.4, 0.5) is 4.39 Å². The summed E-state index contributed by atoms with van der Waals surface area (Å²) in [6.07, 6.45) is 0.216. The third kappa shape index (κ3) is 2.99. The molecule has 3 heteroatoms. The Hall–Kier alpha value is -1.61. The van der Waals surface area contributed by atoms with E-state index in [1.165, 1.54) is 6.07 Å². The van der Waals surface area contributed by atoms with E-state index in [0.717, 1.165) is 0 Å². The van der Waals surface area contributed by atoms with E-state index < -0.39 is 0 Å². The first-order chi connectivity index (χ1) is 8.70. The lowest BCUT2D eigenvalue weighted by Crippen LogP contribution is -2.04. The van der Waals surface area contributed by atoms with Gasteiger partial charge in [0.15, 0.2) is 5.78 Å². The highest BCUT2D eigenvalue weighted by molar-refractivity contribution is 7.79. The normalized spacial score (nSPS) is 10.3. The quantitative estimate of drug-likeness (QED) is 0.655. The van der Waals surface area contributed by atoms with Gasteiger partial charge in [0.2, 0.25) is 0 Å². The van der Waals surface area contributed by atoms with Crippen LogP contribution in [0.2, 0.25) is 0 Å². The molecule has 0 aliphatic heterocycles. The highest BCUT2D eigenvalue weighted by Crippen LogP contribution is 2.14. The summed E-state index contributed by atoms with van der Waals surface area (Å²) in [4.78, 5) is 11.9. The second-order valence-corrected chi connectivity index (χ2v) is 4.37. The number of carbonyl (C=O) groups excluding carboxylic acids is 1. The van der Waals surface area contributed by atoms with Crippen LogP contribution in [-0.2, 0) is 12.2 Å². The monoisotopic (exact) mass is 260 g/mol. The Bertz CT molecular complexity index is 552. The summed E-state index contributed by atoms with van der Waals surface area (Å²) >= 11 is 4.03. The van der Waals surface area contributed by atoms with E-state index in [9.17, 15) is 9.18 Å². The Labute approximate surface area is 111 Å². The topological polar surface area (TPSA) is 17.1 Å². The molecule has 0 saturated carbocycles. The van der Waals surface area contributed by atoms with E-state index in [4.69, 9.17) is 0 Å². The molecule has 0 aromatic heterocycles. The fraction of sp³-hybridized carbons (Fsp3) is 0.133. The first-order valence-electron chi connectivity index (χ1n) is 5.67. The molecule has 2 aromatic rings. The van der Waals surface area contributed by atoms with Gasteiger partial charge in [0.05, 0.1) is 0 Å². The SMILES string of the molecule is O=C(Cc1ccc(CS)c(F)c1)c1ccccc1. The minimum absolute atomic E-state index is 0.00590. The second kappa shape index (κ2) is 5.83. The van der Waals surface area contributed by atoms with Crippen LogP contribution in [0.5, 0.6) is 0 Å². The Kier molecular flexibility index (Phi) is 4.15. The van der Waals surface area contributed by atoms with Crippen molar-refractivity contribution in [1.82, 2.24) is 0 Å². The van der Waals surface area contributed by atoms with Gasteiger partial charge in [-0.15, -0.1) is 0 Å². The van der Waals surface area contributed by atoms with Crippen molar-refractivity contribution in [3.8, 4) is 0 Å². The van der Waals surface area contributed by atoms with Crippen LogP contribution in [0.1, 0.15) is 21.5 Å². The fourth-order valence-electron chi connectivity index (χ4n) is 1.74. The molecule has 0 fully saturated rings. The van der Waals surface area contributed by atoms with Crippen molar-refractivity contribution in [2.24, 2.45) is 0 Å². The number of carbonyl (C=O) groups is 1. The summed E-state index contributed by atoms with van der Waals surface area (Å²) in [6, 6.07) is 13.9. The van der Waals surface area contributed by atoms with Gasteiger partial charge in [0.1, 0.15) is 5.82 Å². The molecule has 2 rings (SSSR count). The largest absolute Gasteiger partial charge is 0.294 e. The van der Waals surface area contributed by atoms with E-state index in [2.05, 4.69) is 12.6 Å². The van der Waals surface area contributed by atoms with Crippen LogP contribution in [0.25, 0.3) is 0 Å². The van der Waals surface area contributed by atoms with Crippen molar-refractivity contribution in [3.63, 3.8) is 0 Å². The van der Waals surface area contributed by atoms with Crippen LogP contribution < -0.4 is 0 Å². The summed E-state index contributed by atoms with van der Waals surface area (Å²) < 4.78 is 13.5. The number of hydrogen-bond acceptors (Lipinski definition) is 2. The number of halogens is 1. The summed E-state index contributed by atoms with van der Waals surface area (Å²) in [6.45, 7) is 0. The average molecular weight is 260 g/mol. The van der Waals surface area contributed by atoms with Crippen molar-refractivity contribution < 1.29 is 9.18 Å². The third-order valence-electron chi connectivity index (χ3n) is 2.75. The van der Waals surface area contributed by atoms with Gasteiger partial charge in [-0.1, -0.05) is 42.5 Å². The fourth-order valence-corrected chi connectivity index (χ4v) is 2.00. The molecule has 0 heterocycles. The minimum atomic E-state index is -0.302. The first-order valence-corrected chi connectivity index (χ1v) is 6.30. The van der Waals surface area contributed by atoms with Gasteiger partial charge >= 0.3 is 0 Å². The lowest BCUT2D eigenvalue weighted by atomic mass is 10.0. The number of benzene rings is 2. The summed E-state index contributed by atoms with van der Waals surface area (Å²) in [5.74, 6) is 0.0515. The van der Waals surface area contributed by atoms with E-state index in [0.29, 0.717) is 22.4 Å². The standard InChI is InChI=1S/C15H13FOS/c16-14-8-11(6-7-13(14)10-18)9-15(17)12-4-2-1-3-5-12/h1-8,18H,9-10H2. The molecule has 0 unspecified atom stereocenters. The van der Waals surface area contributed by atoms with Crippen molar-refractivity contribution >= 4 is 18.4 Å². The average Bonchev–Trinajstić information content (AvgIpc) is 2.40. The highest BCUT2D eigenvalue weighted by atomic mass is 32.1. The molecule has 0 amide bonds. The van der Waals surface area contributed by atoms with Crippen molar-refractivity contribution in [3.05, 3.63) is 71.0 Å². The number of rotatable bonds is 4. The molecule has 92 valence electrons. The van der Waals surface area contributed by atoms with Gasteiger partial charge < -0.3 is 0 Å². The molecule has 2 aromatic carbocycles. The van der Waals surface area contributed by atoms with Gasteiger partial charge in [0, 0.05) is 17.7 Å². The van der Waals surface area contributed by atoms with Gasteiger partial charge in [0.25, 0.3) is 0 Å². The molecule has 0 atom stereocenters. The summed E-state index contributed by atoms with van der Waals surface area (Å²) in [7, 11) is 0. The molecule has 0 N–H and O–H groups in total. The first kappa shape index (κ1) is 12.8. The lowest BCUT2D eigenvalue weighted by molar-refractivity contribution is 0.0993. The van der Waals surface area contributed by atoms with Crippen molar-refractivity contribution in [2.75, 3.05) is 0 Å². The minimum Gasteiger partial charge on any atom is -0.294 e. The van der Waals surface area contributed by atoms with E-state index in [1.807, 2.05) is 18.2 Å². The smallest absolute Gasteiger partial charge is 0.167 e. The predicted octanol–water partition coefficient (Wildman–Crippen LogP) is 3.68. The third-order valence-corrected chi connectivity index (χ3v) is 3.09.